The minimum absolute atomic E-state index is 0.0582. The first kappa shape index (κ1) is 16.2. The molecule has 2 rings (SSSR count). The highest BCUT2D eigenvalue weighted by Crippen LogP contribution is 2.42. The molecule has 120 valence electrons. The fourth-order valence-electron chi connectivity index (χ4n) is 2.43. The lowest BCUT2D eigenvalue weighted by Gasteiger charge is -2.16. The molecule has 6 nitrogen and oxygen atoms in total. The zero-order valence-corrected chi connectivity index (χ0v) is 13.4. The summed E-state index contributed by atoms with van der Waals surface area (Å²) in [5, 5.41) is 1.20. The van der Waals surface area contributed by atoms with Crippen molar-refractivity contribution >= 4 is 10.8 Å². The van der Waals surface area contributed by atoms with E-state index in [1.165, 1.54) is 21.3 Å². The van der Waals surface area contributed by atoms with Crippen LogP contribution in [0.5, 0.6) is 17.2 Å². The van der Waals surface area contributed by atoms with Crippen LogP contribution in [0.2, 0.25) is 0 Å². The van der Waals surface area contributed by atoms with Crippen molar-refractivity contribution in [1.82, 2.24) is 4.57 Å². The van der Waals surface area contributed by atoms with Gasteiger partial charge in [-0.3, -0.25) is 4.79 Å². The molecule has 1 aromatic carbocycles. The van der Waals surface area contributed by atoms with Gasteiger partial charge in [-0.25, -0.2) is 0 Å². The molecule has 0 aliphatic carbocycles. The molecule has 0 bridgehead atoms. The lowest BCUT2D eigenvalue weighted by molar-refractivity contribution is 0.327. The van der Waals surface area contributed by atoms with Crippen LogP contribution < -0.4 is 25.5 Å². The monoisotopic (exact) mass is 306 g/mol. The summed E-state index contributed by atoms with van der Waals surface area (Å²) >= 11 is 0. The summed E-state index contributed by atoms with van der Waals surface area (Å²) in [7, 11) is 4.60. The number of aromatic nitrogens is 1. The van der Waals surface area contributed by atoms with Crippen molar-refractivity contribution in [2.24, 2.45) is 5.73 Å². The van der Waals surface area contributed by atoms with Crippen LogP contribution in [0, 0.1) is 0 Å². The molecule has 0 fully saturated rings. The summed E-state index contributed by atoms with van der Waals surface area (Å²) in [6.45, 7) is 2.47. The van der Waals surface area contributed by atoms with E-state index in [1.54, 1.807) is 16.8 Å². The molecule has 1 unspecified atom stereocenters. The highest BCUT2D eigenvalue weighted by Gasteiger charge is 2.18. The quantitative estimate of drug-likeness (QED) is 0.880. The van der Waals surface area contributed by atoms with Crippen LogP contribution >= 0.6 is 0 Å². The number of methoxy groups -OCH3 is 3. The molecule has 0 spiro atoms. The molecule has 6 heteroatoms. The van der Waals surface area contributed by atoms with Gasteiger partial charge in [-0.2, -0.15) is 0 Å². The molecule has 0 saturated heterocycles. The topological polar surface area (TPSA) is 75.7 Å². The van der Waals surface area contributed by atoms with E-state index in [4.69, 9.17) is 19.9 Å². The second kappa shape index (κ2) is 6.70. The molecule has 1 atom stereocenters. The van der Waals surface area contributed by atoms with E-state index in [0.29, 0.717) is 34.6 Å². The van der Waals surface area contributed by atoms with Crippen molar-refractivity contribution < 1.29 is 14.2 Å². The van der Waals surface area contributed by atoms with E-state index < -0.39 is 0 Å². The molecule has 0 aliphatic rings. The van der Waals surface area contributed by atoms with E-state index in [0.717, 1.165) is 6.42 Å². The van der Waals surface area contributed by atoms with Crippen LogP contribution in [-0.4, -0.2) is 31.9 Å². The molecule has 2 aromatic rings. The van der Waals surface area contributed by atoms with Gasteiger partial charge in [0.05, 0.1) is 26.7 Å². The number of hydrogen-bond acceptors (Lipinski definition) is 5. The van der Waals surface area contributed by atoms with E-state index in [-0.39, 0.29) is 11.6 Å². The van der Waals surface area contributed by atoms with Crippen molar-refractivity contribution in [1.29, 1.82) is 0 Å². The number of rotatable bonds is 6. The third-order valence-corrected chi connectivity index (χ3v) is 3.74. The largest absolute Gasteiger partial charge is 0.493 e. The number of nitrogens with zero attached hydrogens (tertiary/aromatic N) is 1. The van der Waals surface area contributed by atoms with Gasteiger partial charge in [0, 0.05) is 24.2 Å². The van der Waals surface area contributed by atoms with E-state index >= 15 is 0 Å². The SMILES string of the molecule is CCC(N)Cn1ccc2c(OC)c(OC)c(OC)cc2c1=O. The van der Waals surface area contributed by atoms with Crippen LogP contribution in [0.3, 0.4) is 0 Å². The predicted octanol–water partition coefficient (Wildman–Crippen LogP) is 1.76. The maximum atomic E-state index is 12.7. The first-order valence-electron chi connectivity index (χ1n) is 7.15. The van der Waals surface area contributed by atoms with Crippen LogP contribution in [-0.2, 0) is 6.54 Å². The second-order valence-corrected chi connectivity index (χ2v) is 5.05. The molecular weight excluding hydrogens is 284 g/mol. The van der Waals surface area contributed by atoms with Crippen LogP contribution in [0.15, 0.2) is 23.1 Å². The fourth-order valence-corrected chi connectivity index (χ4v) is 2.43. The van der Waals surface area contributed by atoms with Gasteiger partial charge in [-0.1, -0.05) is 6.92 Å². The van der Waals surface area contributed by atoms with Crippen molar-refractivity contribution in [2.75, 3.05) is 21.3 Å². The molecular formula is C16H22N2O4. The number of ether oxygens (including phenoxy) is 3. The third kappa shape index (κ3) is 2.74. The molecule has 0 radical (unpaired) electrons. The molecule has 0 saturated carbocycles. The van der Waals surface area contributed by atoms with Gasteiger partial charge < -0.3 is 24.5 Å². The van der Waals surface area contributed by atoms with Gasteiger partial charge in [0.1, 0.15) is 0 Å². The summed E-state index contributed by atoms with van der Waals surface area (Å²) in [6, 6.07) is 3.45. The molecule has 2 N–H and O–H groups in total. The molecule has 1 aromatic heterocycles. The summed E-state index contributed by atoms with van der Waals surface area (Å²) in [4.78, 5) is 12.7. The zero-order valence-electron chi connectivity index (χ0n) is 13.4. The Bertz CT molecular complexity index is 724. The van der Waals surface area contributed by atoms with Gasteiger partial charge in [0.2, 0.25) is 5.75 Å². The molecule has 1 heterocycles. The van der Waals surface area contributed by atoms with Crippen molar-refractivity contribution in [3.05, 3.63) is 28.7 Å². The van der Waals surface area contributed by atoms with Gasteiger partial charge in [-0.05, 0) is 18.6 Å². The maximum absolute atomic E-state index is 12.7. The summed E-state index contributed by atoms with van der Waals surface area (Å²) < 4.78 is 17.7. The Morgan fingerprint density at radius 3 is 2.36 bits per heavy atom. The Kier molecular flexibility index (Phi) is 4.92. The van der Waals surface area contributed by atoms with Gasteiger partial charge in [0.15, 0.2) is 11.5 Å². The van der Waals surface area contributed by atoms with Gasteiger partial charge >= 0.3 is 0 Å². The normalized spacial score (nSPS) is 12.2. The Labute approximate surface area is 129 Å². The van der Waals surface area contributed by atoms with Crippen LogP contribution in [0.4, 0.5) is 0 Å². The lowest BCUT2D eigenvalue weighted by Crippen LogP contribution is -2.31. The third-order valence-electron chi connectivity index (χ3n) is 3.74. The maximum Gasteiger partial charge on any atom is 0.258 e. The Morgan fingerprint density at radius 1 is 1.14 bits per heavy atom. The first-order chi connectivity index (χ1) is 10.6. The van der Waals surface area contributed by atoms with Crippen molar-refractivity contribution in [2.45, 2.75) is 25.9 Å². The van der Waals surface area contributed by atoms with Crippen LogP contribution in [0.1, 0.15) is 13.3 Å². The molecule has 0 amide bonds. The fraction of sp³-hybridized carbons (Fsp3) is 0.438. The van der Waals surface area contributed by atoms with E-state index in [1.807, 2.05) is 13.0 Å². The van der Waals surface area contributed by atoms with E-state index in [9.17, 15) is 4.79 Å². The number of nitrogens with two attached hydrogens (primary N) is 1. The predicted molar refractivity (Wildman–Crippen MR) is 86.1 cm³/mol. The standard InChI is InChI=1S/C16H22N2O4/c1-5-10(17)9-18-7-6-11-12(16(18)19)8-13(20-2)15(22-4)14(11)21-3/h6-8,10H,5,9,17H2,1-4H3. The number of benzene rings is 1. The minimum atomic E-state index is -0.124. The molecule has 0 aliphatic heterocycles. The number of pyridine rings is 1. The summed E-state index contributed by atoms with van der Waals surface area (Å²) in [6.07, 6.45) is 2.54. The zero-order chi connectivity index (χ0) is 16.3. The van der Waals surface area contributed by atoms with Gasteiger partial charge in [-0.15, -0.1) is 0 Å². The smallest absolute Gasteiger partial charge is 0.258 e. The van der Waals surface area contributed by atoms with Gasteiger partial charge in [0.25, 0.3) is 5.56 Å². The first-order valence-corrected chi connectivity index (χ1v) is 7.15. The highest BCUT2D eigenvalue weighted by atomic mass is 16.5. The highest BCUT2D eigenvalue weighted by molar-refractivity contribution is 5.92. The average Bonchev–Trinajstić information content (AvgIpc) is 2.55. The Balaban J connectivity index is 2.72. The second-order valence-electron chi connectivity index (χ2n) is 5.05. The minimum Gasteiger partial charge on any atom is -0.493 e. The lowest BCUT2D eigenvalue weighted by atomic mass is 10.1. The average molecular weight is 306 g/mol. The van der Waals surface area contributed by atoms with Crippen molar-refractivity contribution in [3.8, 4) is 17.2 Å². The summed E-state index contributed by atoms with van der Waals surface area (Å²) in [5.41, 5.74) is 5.82. The van der Waals surface area contributed by atoms with E-state index in [2.05, 4.69) is 0 Å². The summed E-state index contributed by atoms with van der Waals surface area (Å²) in [5.74, 6) is 1.42. The van der Waals surface area contributed by atoms with Crippen molar-refractivity contribution in [3.63, 3.8) is 0 Å². The Morgan fingerprint density at radius 2 is 1.82 bits per heavy atom. The molecule has 22 heavy (non-hydrogen) atoms. The number of fused-ring (bicyclic) bond motifs is 1. The number of hydrogen-bond donors (Lipinski definition) is 1. The Hall–Kier alpha value is -2.21. The van der Waals surface area contributed by atoms with Crippen LogP contribution in [0.25, 0.3) is 10.8 Å².